The highest BCUT2D eigenvalue weighted by Gasteiger charge is 2.31. The molecule has 1 heterocycles. The molecule has 156 valence electrons. The topological polar surface area (TPSA) is 51.2 Å². The summed E-state index contributed by atoms with van der Waals surface area (Å²) in [5, 5.41) is 2.45. The van der Waals surface area contributed by atoms with E-state index in [1.165, 1.54) is 30.5 Å². The van der Waals surface area contributed by atoms with E-state index in [1.54, 1.807) is 0 Å². The van der Waals surface area contributed by atoms with Crippen LogP contribution in [0.4, 0.5) is 32.0 Å². The Morgan fingerprint density at radius 1 is 0.833 bits per heavy atom. The first kappa shape index (κ1) is 21.2. The summed E-state index contributed by atoms with van der Waals surface area (Å²) in [6.07, 6.45) is -7.82. The van der Waals surface area contributed by atoms with Gasteiger partial charge in [-0.15, -0.1) is 0 Å². The van der Waals surface area contributed by atoms with Crippen LogP contribution < -0.4 is 10.1 Å². The highest BCUT2D eigenvalue weighted by atomic mass is 19.4. The Kier molecular flexibility index (Phi) is 5.68. The third-order valence-electron chi connectivity index (χ3n) is 3.85. The molecule has 0 spiro atoms. The van der Waals surface area contributed by atoms with Gasteiger partial charge in [0, 0.05) is 11.6 Å². The van der Waals surface area contributed by atoms with Crippen molar-refractivity contribution in [2.45, 2.75) is 12.4 Å². The maximum absolute atomic E-state index is 12.7. The summed E-state index contributed by atoms with van der Waals surface area (Å²) in [5.41, 5.74) is -1.53. The van der Waals surface area contributed by atoms with Crippen molar-refractivity contribution < 1.29 is 35.9 Å². The molecule has 0 saturated heterocycles. The van der Waals surface area contributed by atoms with Crippen molar-refractivity contribution >= 4 is 11.6 Å². The van der Waals surface area contributed by atoms with Crippen molar-refractivity contribution in [3.05, 3.63) is 83.6 Å². The minimum Gasteiger partial charge on any atom is -0.439 e. The summed E-state index contributed by atoms with van der Waals surface area (Å²) in [5.74, 6) is -0.738. The molecule has 2 aromatic carbocycles. The number of amides is 1. The molecule has 0 aliphatic carbocycles. The van der Waals surface area contributed by atoms with Gasteiger partial charge in [0.2, 0.25) is 5.88 Å². The lowest BCUT2D eigenvalue weighted by Crippen LogP contribution is -2.13. The van der Waals surface area contributed by atoms with Crippen LogP contribution in [0.3, 0.4) is 0 Å². The number of carbonyl (C=O) groups is 1. The van der Waals surface area contributed by atoms with Crippen LogP contribution in [0.2, 0.25) is 0 Å². The fourth-order valence-corrected chi connectivity index (χ4v) is 2.39. The van der Waals surface area contributed by atoms with Gasteiger partial charge in [0.05, 0.1) is 23.0 Å². The molecule has 0 aliphatic rings. The number of benzene rings is 2. The van der Waals surface area contributed by atoms with Crippen molar-refractivity contribution in [3.63, 3.8) is 0 Å². The van der Waals surface area contributed by atoms with Crippen LogP contribution in [0.25, 0.3) is 0 Å². The fourth-order valence-electron chi connectivity index (χ4n) is 2.39. The highest BCUT2D eigenvalue weighted by Crippen LogP contribution is 2.32. The van der Waals surface area contributed by atoms with E-state index < -0.39 is 29.4 Å². The average Bonchev–Trinajstić information content (AvgIpc) is 2.68. The van der Waals surface area contributed by atoms with Crippen molar-refractivity contribution in [1.82, 2.24) is 4.98 Å². The van der Waals surface area contributed by atoms with Gasteiger partial charge in [-0.05, 0) is 48.5 Å². The van der Waals surface area contributed by atoms with Crippen molar-refractivity contribution in [2.75, 3.05) is 5.32 Å². The van der Waals surface area contributed by atoms with E-state index in [9.17, 15) is 31.1 Å². The molecule has 0 radical (unpaired) electrons. The number of aromatic nitrogens is 1. The molecule has 0 atom stereocenters. The van der Waals surface area contributed by atoms with E-state index >= 15 is 0 Å². The molecule has 10 heteroatoms. The first-order valence-corrected chi connectivity index (χ1v) is 8.32. The second kappa shape index (κ2) is 8.05. The molecule has 1 amide bonds. The highest BCUT2D eigenvalue weighted by molar-refractivity contribution is 6.04. The van der Waals surface area contributed by atoms with Gasteiger partial charge >= 0.3 is 12.4 Å². The molecule has 3 aromatic rings. The Bertz CT molecular complexity index is 1030. The Balaban J connectivity index is 1.65. The van der Waals surface area contributed by atoms with Gasteiger partial charge in [-0.25, -0.2) is 4.98 Å². The van der Waals surface area contributed by atoms with Gasteiger partial charge in [0.1, 0.15) is 5.75 Å². The normalized spacial score (nSPS) is 11.8. The van der Waals surface area contributed by atoms with E-state index in [0.717, 1.165) is 36.4 Å². The van der Waals surface area contributed by atoms with Crippen LogP contribution >= 0.6 is 0 Å². The van der Waals surface area contributed by atoms with E-state index in [0.29, 0.717) is 0 Å². The lowest BCUT2D eigenvalue weighted by Gasteiger charge is -2.10. The Morgan fingerprint density at radius 2 is 1.50 bits per heavy atom. The van der Waals surface area contributed by atoms with Gasteiger partial charge in [-0.2, -0.15) is 26.3 Å². The SMILES string of the molecule is O=C(Nc1ccc(Oc2cccc(C(F)(F)F)c2)nc1)c1ccc(C(F)(F)F)cc1. The fraction of sp³-hybridized carbons (Fsp3) is 0.100. The van der Waals surface area contributed by atoms with Gasteiger partial charge in [-0.1, -0.05) is 6.07 Å². The minimum atomic E-state index is -4.51. The van der Waals surface area contributed by atoms with Gasteiger partial charge in [0.25, 0.3) is 5.91 Å². The number of carbonyl (C=O) groups excluding carboxylic acids is 1. The third kappa shape index (κ3) is 5.28. The molecule has 0 bridgehead atoms. The molecule has 4 nitrogen and oxygen atoms in total. The van der Waals surface area contributed by atoms with Gasteiger partial charge < -0.3 is 10.1 Å². The quantitative estimate of drug-likeness (QED) is 0.508. The van der Waals surface area contributed by atoms with Crippen molar-refractivity contribution in [2.24, 2.45) is 0 Å². The van der Waals surface area contributed by atoms with Crippen LogP contribution in [-0.4, -0.2) is 10.9 Å². The number of ether oxygens (including phenoxy) is 1. The third-order valence-corrected chi connectivity index (χ3v) is 3.85. The first-order valence-electron chi connectivity index (χ1n) is 8.32. The van der Waals surface area contributed by atoms with Crippen LogP contribution in [0.5, 0.6) is 11.6 Å². The molecular formula is C20H12F6N2O2. The zero-order chi connectivity index (χ0) is 21.9. The molecule has 0 fully saturated rings. The predicted molar refractivity (Wildman–Crippen MR) is 95.2 cm³/mol. The predicted octanol–water partition coefficient (Wildman–Crippen LogP) is 6.16. The molecule has 0 aliphatic heterocycles. The average molecular weight is 426 g/mol. The molecule has 0 unspecified atom stereocenters. The Labute approximate surface area is 166 Å². The maximum Gasteiger partial charge on any atom is 0.416 e. The zero-order valence-electron chi connectivity index (χ0n) is 14.9. The summed E-state index contributed by atoms with van der Waals surface area (Å²) in [7, 11) is 0. The first-order chi connectivity index (χ1) is 14.0. The molecule has 0 saturated carbocycles. The largest absolute Gasteiger partial charge is 0.439 e. The van der Waals surface area contributed by atoms with Crippen molar-refractivity contribution in [1.29, 1.82) is 0 Å². The second-order valence-electron chi connectivity index (χ2n) is 6.04. The number of nitrogens with one attached hydrogen (secondary N) is 1. The summed E-state index contributed by atoms with van der Waals surface area (Å²) < 4.78 is 81.2. The van der Waals surface area contributed by atoms with Crippen LogP contribution in [0, 0.1) is 0 Å². The second-order valence-corrected chi connectivity index (χ2v) is 6.04. The number of hydrogen-bond donors (Lipinski definition) is 1. The van der Waals surface area contributed by atoms with E-state index in [-0.39, 0.29) is 22.9 Å². The molecule has 30 heavy (non-hydrogen) atoms. The van der Waals surface area contributed by atoms with Crippen molar-refractivity contribution in [3.8, 4) is 11.6 Å². The number of nitrogens with zero attached hydrogens (tertiary/aromatic N) is 1. The summed E-state index contributed by atoms with van der Waals surface area (Å²) in [6, 6.07) is 10.6. The zero-order valence-corrected chi connectivity index (χ0v) is 14.9. The van der Waals surface area contributed by atoms with E-state index in [2.05, 4.69) is 10.3 Å². The lowest BCUT2D eigenvalue weighted by atomic mass is 10.1. The van der Waals surface area contributed by atoms with Crippen LogP contribution in [0.1, 0.15) is 21.5 Å². The minimum absolute atomic E-state index is 0.00675. The summed E-state index contributed by atoms with van der Waals surface area (Å²) in [6.45, 7) is 0. The van der Waals surface area contributed by atoms with E-state index in [1.807, 2.05) is 0 Å². The Morgan fingerprint density at radius 3 is 2.07 bits per heavy atom. The molecule has 1 N–H and O–H groups in total. The van der Waals surface area contributed by atoms with Gasteiger partial charge in [-0.3, -0.25) is 4.79 Å². The number of pyridine rings is 1. The van der Waals surface area contributed by atoms with E-state index in [4.69, 9.17) is 4.74 Å². The monoisotopic (exact) mass is 426 g/mol. The maximum atomic E-state index is 12.7. The number of halogens is 6. The lowest BCUT2D eigenvalue weighted by molar-refractivity contribution is -0.138. The van der Waals surface area contributed by atoms with Crippen LogP contribution in [-0.2, 0) is 12.4 Å². The number of alkyl halides is 6. The molecule has 1 aromatic heterocycles. The Hall–Kier alpha value is -3.56. The molecular weight excluding hydrogens is 414 g/mol. The van der Waals surface area contributed by atoms with Gasteiger partial charge in [0.15, 0.2) is 0 Å². The summed E-state index contributed by atoms with van der Waals surface area (Å²) in [4.78, 5) is 16.0. The summed E-state index contributed by atoms with van der Waals surface area (Å²) >= 11 is 0. The number of hydrogen-bond acceptors (Lipinski definition) is 3. The van der Waals surface area contributed by atoms with Crippen LogP contribution in [0.15, 0.2) is 66.9 Å². The number of rotatable bonds is 4. The standard InChI is InChI=1S/C20H12F6N2O2/c21-19(22,23)13-6-4-12(5-7-13)18(29)28-15-8-9-17(27-11-15)30-16-3-1-2-14(10-16)20(24,25)26/h1-11H,(H,28,29). The smallest absolute Gasteiger partial charge is 0.416 e. The molecule has 3 rings (SSSR count). The number of anilines is 1.